The number of carboxylic acid groups (broad SMARTS) is 1. The highest BCUT2D eigenvalue weighted by Gasteiger charge is 2.20. The van der Waals surface area contributed by atoms with Crippen LogP contribution < -0.4 is 0 Å². The summed E-state index contributed by atoms with van der Waals surface area (Å²) in [5, 5.41) is 9.20. The van der Waals surface area contributed by atoms with Crippen molar-refractivity contribution in [3.8, 4) is 11.8 Å². The molecule has 4 heteroatoms. The van der Waals surface area contributed by atoms with Gasteiger partial charge in [0.1, 0.15) is 0 Å². The molecule has 3 aromatic carbocycles. The summed E-state index contributed by atoms with van der Waals surface area (Å²) in [4.78, 5) is 26.4. The van der Waals surface area contributed by atoms with Gasteiger partial charge in [-0.3, -0.25) is 4.79 Å². The number of amides is 1. The molecule has 4 rings (SSSR count). The van der Waals surface area contributed by atoms with Crippen LogP contribution in [0.2, 0.25) is 0 Å². The lowest BCUT2D eigenvalue weighted by atomic mass is 10.0. The maximum atomic E-state index is 13.3. The van der Waals surface area contributed by atoms with E-state index in [-0.39, 0.29) is 11.5 Å². The first kappa shape index (κ1) is 28.2. The van der Waals surface area contributed by atoms with Crippen molar-refractivity contribution >= 4 is 11.9 Å². The zero-order valence-electron chi connectivity index (χ0n) is 23.0. The van der Waals surface area contributed by atoms with Crippen molar-refractivity contribution < 1.29 is 14.7 Å². The molecule has 1 saturated carbocycles. The van der Waals surface area contributed by atoms with Gasteiger partial charge >= 0.3 is 5.97 Å². The van der Waals surface area contributed by atoms with E-state index in [0.29, 0.717) is 25.4 Å². The number of carbonyl (C=O) groups excluding carboxylic acids is 1. The van der Waals surface area contributed by atoms with E-state index in [9.17, 15) is 14.7 Å². The smallest absolute Gasteiger partial charge is 0.335 e. The van der Waals surface area contributed by atoms with E-state index in [0.717, 1.165) is 35.1 Å². The van der Waals surface area contributed by atoms with Crippen LogP contribution >= 0.6 is 0 Å². The predicted molar refractivity (Wildman–Crippen MR) is 156 cm³/mol. The summed E-state index contributed by atoms with van der Waals surface area (Å²) < 4.78 is 0. The van der Waals surface area contributed by atoms with Crippen molar-refractivity contribution in [3.05, 3.63) is 106 Å². The summed E-state index contributed by atoms with van der Waals surface area (Å²) >= 11 is 0. The number of aryl methyl sites for hydroxylation is 1. The second-order valence-electron chi connectivity index (χ2n) is 10.7. The van der Waals surface area contributed by atoms with Gasteiger partial charge in [0.15, 0.2) is 0 Å². The summed E-state index contributed by atoms with van der Waals surface area (Å²) in [6, 6.07) is 23.4. The summed E-state index contributed by atoms with van der Waals surface area (Å²) in [6.07, 6.45) is 10.0. The molecule has 0 spiro atoms. The van der Waals surface area contributed by atoms with Gasteiger partial charge in [0.2, 0.25) is 5.91 Å². The zero-order chi connectivity index (χ0) is 27.5. The second-order valence-corrected chi connectivity index (χ2v) is 10.7. The van der Waals surface area contributed by atoms with Gasteiger partial charge in [-0.05, 0) is 78.3 Å². The molecule has 3 aromatic rings. The first-order chi connectivity index (χ1) is 19.0. The number of hydrogen-bond acceptors (Lipinski definition) is 2. The van der Waals surface area contributed by atoms with Crippen molar-refractivity contribution in [3.63, 3.8) is 0 Å². The number of rotatable bonds is 11. The van der Waals surface area contributed by atoms with Crippen LogP contribution in [0.3, 0.4) is 0 Å². The lowest BCUT2D eigenvalue weighted by molar-refractivity contribution is -0.132. The van der Waals surface area contributed by atoms with Crippen LogP contribution in [0.15, 0.2) is 72.8 Å². The van der Waals surface area contributed by atoms with Crippen LogP contribution in [-0.2, 0) is 24.3 Å². The van der Waals surface area contributed by atoms with Gasteiger partial charge < -0.3 is 10.0 Å². The Morgan fingerprint density at radius 3 is 1.82 bits per heavy atom. The fourth-order valence-corrected chi connectivity index (χ4v) is 5.18. The van der Waals surface area contributed by atoms with Crippen LogP contribution in [0.1, 0.15) is 96.5 Å². The molecule has 0 unspecified atom stereocenters. The van der Waals surface area contributed by atoms with Crippen LogP contribution in [0, 0.1) is 17.8 Å². The maximum Gasteiger partial charge on any atom is 0.335 e. The average Bonchev–Trinajstić information content (AvgIpc) is 3.49. The molecule has 1 fully saturated rings. The van der Waals surface area contributed by atoms with Gasteiger partial charge in [0.25, 0.3) is 0 Å². The molecule has 0 atom stereocenters. The summed E-state index contributed by atoms with van der Waals surface area (Å²) in [5.41, 5.74) is 5.54. The molecule has 0 aromatic heterocycles. The molecular weight excluding hydrogens is 482 g/mol. The highest BCUT2D eigenvalue weighted by Crippen LogP contribution is 2.29. The SMILES string of the molecule is CCCCc1ccc(C#Cc2ccc(CN(Cc3ccc(C(=O)O)cc3)C(=O)CCC3CCCC3)cc2)cc1. The summed E-state index contributed by atoms with van der Waals surface area (Å²) in [6.45, 7) is 3.18. The number of aromatic carboxylic acids is 1. The average molecular weight is 522 g/mol. The number of nitrogens with zero attached hydrogens (tertiary/aromatic N) is 1. The Labute approximate surface area is 233 Å². The first-order valence-corrected chi connectivity index (χ1v) is 14.3. The van der Waals surface area contributed by atoms with Crippen molar-refractivity contribution in [1.29, 1.82) is 0 Å². The van der Waals surface area contributed by atoms with Gasteiger partial charge in [0.05, 0.1) is 5.56 Å². The Bertz CT molecular complexity index is 1270. The third-order valence-corrected chi connectivity index (χ3v) is 7.62. The molecule has 0 aliphatic heterocycles. The van der Waals surface area contributed by atoms with E-state index in [2.05, 4.69) is 43.0 Å². The van der Waals surface area contributed by atoms with Gasteiger partial charge in [-0.25, -0.2) is 4.79 Å². The highest BCUT2D eigenvalue weighted by atomic mass is 16.4. The van der Waals surface area contributed by atoms with E-state index >= 15 is 0 Å². The van der Waals surface area contributed by atoms with Crippen LogP contribution in [0.4, 0.5) is 0 Å². The molecule has 0 radical (unpaired) electrons. The Morgan fingerprint density at radius 1 is 0.795 bits per heavy atom. The predicted octanol–water partition coefficient (Wildman–Crippen LogP) is 7.63. The van der Waals surface area contributed by atoms with Crippen molar-refractivity contribution in [2.75, 3.05) is 0 Å². The maximum absolute atomic E-state index is 13.3. The number of carboxylic acids is 1. The van der Waals surface area contributed by atoms with Crippen LogP contribution in [-0.4, -0.2) is 21.9 Å². The molecule has 1 aliphatic carbocycles. The number of hydrogen-bond donors (Lipinski definition) is 1. The minimum atomic E-state index is -0.946. The third-order valence-electron chi connectivity index (χ3n) is 7.62. The van der Waals surface area contributed by atoms with Gasteiger partial charge in [-0.15, -0.1) is 0 Å². The topological polar surface area (TPSA) is 57.6 Å². The van der Waals surface area contributed by atoms with E-state index in [1.54, 1.807) is 24.3 Å². The van der Waals surface area contributed by atoms with E-state index in [1.165, 1.54) is 44.1 Å². The van der Waals surface area contributed by atoms with Crippen molar-refractivity contribution in [2.24, 2.45) is 5.92 Å². The van der Waals surface area contributed by atoms with Crippen LogP contribution in [0.5, 0.6) is 0 Å². The molecule has 4 nitrogen and oxygen atoms in total. The molecule has 0 bridgehead atoms. The largest absolute Gasteiger partial charge is 0.478 e. The molecule has 1 N–H and O–H groups in total. The molecule has 202 valence electrons. The molecule has 1 aliphatic rings. The highest BCUT2D eigenvalue weighted by molar-refractivity contribution is 5.87. The quantitative estimate of drug-likeness (QED) is 0.264. The minimum Gasteiger partial charge on any atom is -0.478 e. The van der Waals surface area contributed by atoms with E-state index in [1.807, 2.05) is 29.2 Å². The third kappa shape index (κ3) is 8.86. The fourth-order valence-electron chi connectivity index (χ4n) is 5.18. The molecular formula is C35H39NO3. The zero-order valence-corrected chi connectivity index (χ0v) is 23.0. The van der Waals surface area contributed by atoms with Crippen molar-refractivity contribution in [1.82, 2.24) is 4.90 Å². The monoisotopic (exact) mass is 521 g/mol. The summed E-state index contributed by atoms with van der Waals surface area (Å²) in [7, 11) is 0. The van der Waals surface area contributed by atoms with Gasteiger partial charge in [-0.2, -0.15) is 0 Å². The molecule has 0 heterocycles. The normalized spacial score (nSPS) is 13.1. The number of carbonyl (C=O) groups is 2. The standard InChI is InChI=1S/C35H39NO3/c1-2-3-6-28-9-11-29(12-10-28)13-14-30-15-17-31(18-16-30)25-36(34(37)24-21-27-7-4-5-8-27)26-32-19-22-33(23-20-32)35(38)39/h9-12,15-20,22-23,27H,2-8,21,24-26H2,1H3,(H,38,39). The van der Waals surface area contributed by atoms with E-state index < -0.39 is 5.97 Å². The van der Waals surface area contributed by atoms with Gasteiger partial charge in [-0.1, -0.05) is 87.3 Å². The Hall–Kier alpha value is -3.84. The Kier molecular flexibility index (Phi) is 10.4. The minimum absolute atomic E-state index is 0.149. The van der Waals surface area contributed by atoms with Gasteiger partial charge in [0, 0.05) is 30.6 Å². The van der Waals surface area contributed by atoms with Crippen molar-refractivity contribution in [2.45, 2.75) is 77.8 Å². The molecule has 0 saturated heterocycles. The Morgan fingerprint density at radius 2 is 1.31 bits per heavy atom. The molecule has 39 heavy (non-hydrogen) atoms. The fraction of sp³-hybridized carbons (Fsp3) is 0.371. The van der Waals surface area contributed by atoms with Crippen LogP contribution in [0.25, 0.3) is 0 Å². The second kappa shape index (κ2) is 14.4. The number of benzene rings is 3. The molecule has 1 amide bonds. The lowest BCUT2D eigenvalue weighted by Crippen LogP contribution is -2.30. The Balaban J connectivity index is 1.41. The summed E-state index contributed by atoms with van der Waals surface area (Å²) in [5.74, 6) is 6.37. The first-order valence-electron chi connectivity index (χ1n) is 14.3. The lowest BCUT2D eigenvalue weighted by Gasteiger charge is -2.24. The number of unbranched alkanes of at least 4 members (excludes halogenated alkanes) is 1. The van der Waals surface area contributed by atoms with E-state index in [4.69, 9.17) is 0 Å².